The van der Waals surface area contributed by atoms with Gasteiger partial charge in [0.2, 0.25) is 0 Å². The molecule has 2 aromatic carbocycles. The second kappa shape index (κ2) is 6.19. The van der Waals surface area contributed by atoms with Gasteiger partial charge in [-0.2, -0.15) is 0 Å². The molecule has 0 amide bonds. The van der Waals surface area contributed by atoms with E-state index in [1.807, 2.05) is 0 Å². The first-order valence-corrected chi connectivity index (χ1v) is 8.42. The molecule has 2 aromatic rings. The lowest BCUT2D eigenvalue weighted by Crippen LogP contribution is -2.43. The van der Waals surface area contributed by atoms with Crippen LogP contribution in [0.5, 0.6) is 0 Å². The van der Waals surface area contributed by atoms with Crippen LogP contribution in [0.2, 0.25) is 0 Å². The van der Waals surface area contributed by atoms with Crippen LogP contribution in [0, 0.1) is 5.41 Å². The highest BCUT2D eigenvalue weighted by molar-refractivity contribution is 5.83. The van der Waals surface area contributed by atoms with Gasteiger partial charge in [0.25, 0.3) is 0 Å². The Hall–Kier alpha value is -1.34. The minimum absolute atomic E-state index is 0.474. The molecule has 0 heterocycles. The van der Waals surface area contributed by atoms with Crippen molar-refractivity contribution in [3.8, 4) is 0 Å². The third-order valence-corrected chi connectivity index (χ3v) is 5.29. The second-order valence-electron chi connectivity index (χ2n) is 6.86. The summed E-state index contributed by atoms with van der Waals surface area (Å²) in [5.41, 5.74) is 1.94. The minimum atomic E-state index is 0.474. The highest BCUT2D eigenvalue weighted by Crippen LogP contribution is 2.41. The zero-order valence-corrected chi connectivity index (χ0v) is 13.4. The molecule has 0 bridgehead atoms. The number of nitrogens with one attached hydrogen (secondary N) is 1. The molecule has 1 aliphatic rings. The van der Waals surface area contributed by atoms with Crippen molar-refractivity contribution in [3.05, 3.63) is 48.0 Å². The van der Waals surface area contributed by atoms with Gasteiger partial charge >= 0.3 is 0 Å². The van der Waals surface area contributed by atoms with Gasteiger partial charge in [-0.15, -0.1) is 0 Å². The van der Waals surface area contributed by atoms with E-state index in [-0.39, 0.29) is 0 Å². The van der Waals surface area contributed by atoms with Crippen LogP contribution < -0.4 is 5.32 Å². The Morgan fingerprint density at radius 3 is 2.48 bits per heavy atom. The molecule has 0 spiro atoms. The summed E-state index contributed by atoms with van der Waals surface area (Å²) in [6.07, 6.45) is 6.69. The van der Waals surface area contributed by atoms with Crippen molar-refractivity contribution in [2.24, 2.45) is 5.41 Å². The van der Waals surface area contributed by atoms with Gasteiger partial charge in [0.15, 0.2) is 0 Å². The predicted octanol–water partition coefficient (Wildman–Crippen LogP) is 4.94. The Morgan fingerprint density at radius 1 is 1.05 bits per heavy atom. The van der Waals surface area contributed by atoms with E-state index in [2.05, 4.69) is 61.6 Å². The van der Waals surface area contributed by atoms with Gasteiger partial charge in [0.05, 0.1) is 0 Å². The van der Waals surface area contributed by atoms with Crippen LogP contribution in [0.1, 0.15) is 45.1 Å². The van der Waals surface area contributed by atoms with E-state index >= 15 is 0 Å². The Kier molecular flexibility index (Phi) is 4.30. The molecule has 1 unspecified atom stereocenters. The summed E-state index contributed by atoms with van der Waals surface area (Å²) in [5.74, 6) is 0. The van der Waals surface area contributed by atoms with Crippen molar-refractivity contribution < 1.29 is 0 Å². The SMILES string of the molecule is CCNC(Cc1ccc2ccccc2c1)C1(C)CCCC1. The van der Waals surface area contributed by atoms with Crippen molar-refractivity contribution in [2.45, 2.75) is 52.0 Å². The van der Waals surface area contributed by atoms with Crippen LogP contribution in [0.3, 0.4) is 0 Å². The van der Waals surface area contributed by atoms with E-state index < -0.39 is 0 Å². The van der Waals surface area contributed by atoms with E-state index in [9.17, 15) is 0 Å². The van der Waals surface area contributed by atoms with Gasteiger partial charge in [-0.3, -0.25) is 0 Å². The fourth-order valence-electron chi connectivity index (χ4n) is 3.94. The molecule has 3 rings (SSSR count). The monoisotopic (exact) mass is 281 g/mol. The maximum absolute atomic E-state index is 3.76. The number of likely N-dealkylation sites (N-methyl/N-ethyl adjacent to an activating group) is 1. The van der Waals surface area contributed by atoms with E-state index in [1.54, 1.807) is 0 Å². The summed E-state index contributed by atoms with van der Waals surface area (Å²) in [6.45, 7) is 5.77. The van der Waals surface area contributed by atoms with Gasteiger partial charge < -0.3 is 5.32 Å². The molecular formula is C20H27N. The van der Waals surface area contributed by atoms with Gasteiger partial charge in [-0.05, 0) is 47.6 Å². The van der Waals surface area contributed by atoms with E-state index in [0.717, 1.165) is 13.0 Å². The number of fused-ring (bicyclic) bond motifs is 1. The first-order chi connectivity index (χ1) is 10.2. The minimum Gasteiger partial charge on any atom is -0.313 e. The number of hydrogen-bond acceptors (Lipinski definition) is 1. The molecule has 0 aliphatic heterocycles. The van der Waals surface area contributed by atoms with E-state index in [4.69, 9.17) is 0 Å². The van der Waals surface area contributed by atoms with Crippen LogP contribution >= 0.6 is 0 Å². The first-order valence-electron chi connectivity index (χ1n) is 8.42. The third kappa shape index (κ3) is 3.13. The largest absolute Gasteiger partial charge is 0.313 e. The van der Waals surface area contributed by atoms with Gasteiger partial charge in [-0.1, -0.05) is 69.2 Å². The van der Waals surface area contributed by atoms with Crippen LogP contribution in [0.25, 0.3) is 10.8 Å². The topological polar surface area (TPSA) is 12.0 Å². The molecule has 0 aromatic heterocycles. The van der Waals surface area contributed by atoms with Gasteiger partial charge in [-0.25, -0.2) is 0 Å². The lowest BCUT2D eigenvalue weighted by atomic mass is 9.77. The standard InChI is InChI=1S/C20H27N/c1-3-21-19(20(2)12-6-7-13-20)15-16-10-11-17-8-4-5-9-18(17)14-16/h4-5,8-11,14,19,21H,3,6-7,12-13,15H2,1-2H3. The number of hydrogen-bond donors (Lipinski definition) is 1. The van der Waals surface area contributed by atoms with E-state index in [1.165, 1.54) is 42.0 Å². The molecule has 0 saturated heterocycles. The Morgan fingerprint density at radius 2 is 1.76 bits per heavy atom. The molecule has 1 fully saturated rings. The normalized spacial score (nSPS) is 19.0. The van der Waals surface area contributed by atoms with Crippen LogP contribution in [-0.4, -0.2) is 12.6 Å². The quantitative estimate of drug-likeness (QED) is 0.818. The summed E-state index contributed by atoms with van der Waals surface area (Å²) in [4.78, 5) is 0. The summed E-state index contributed by atoms with van der Waals surface area (Å²) in [7, 11) is 0. The molecule has 1 saturated carbocycles. The molecule has 0 radical (unpaired) electrons. The van der Waals surface area contributed by atoms with Gasteiger partial charge in [0.1, 0.15) is 0 Å². The molecule has 1 heteroatoms. The molecule has 1 aliphatic carbocycles. The Labute approximate surface area is 128 Å². The highest BCUT2D eigenvalue weighted by atomic mass is 14.9. The maximum atomic E-state index is 3.76. The second-order valence-corrected chi connectivity index (χ2v) is 6.86. The molecule has 21 heavy (non-hydrogen) atoms. The van der Waals surface area contributed by atoms with Crippen LogP contribution in [-0.2, 0) is 6.42 Å². The summed E-state index contributed by atoms with van der Waals surface area (Å²) in [6, 6.07) is 16.2. The zero-order chi connectivity index (χ0) is 14.7. The molecular weight excluding hydrogens is 254 g/mol. The molecule has 112 valence electrons. The fraction of sp³-hybridized carbons (Fsp3) is 0.500. The van der Waals surface area contributed by atoms with Gasteiger partial charge in [0, 0.05) is 6.04 Å². The highest BCUT2D eigenvalue weighted by Gasteiger charge is 2.36. The zero-order valence-electron chi connectivity index (χ0n) is 13.4. The lowest BCUT2D eigenvalue weighted by Gasteiger charge is -2.35. The third-order valence-electron chi connectivity index (χ3n) is 5.29. The predicted molar refractivity (Wildman–Crippen MR) is 91.7 cm³/mol. The van der Waals surface area contributed by atoms with Crippen molar-refractivity contribution in [3.63, 3.8) is 0 Å². The molecule has 1 nitrogen and oxygen atoms in total. The first kappa shape index (κ1) is 14.6. The van der Waals surface area contributed by atoms with Crippen LogP contribution in [0.4, 0.5) is 0 Å². The number of rotatable bonds is 5. The summed E-state index contributed by atoms with van der Waals surface area (Å²) in [5, 5.41) is 6.47. The smallest absolute Gasteiger partial charge is 0.0161 e. The lowest BCUT2D eigenvalue weighted by molar-refractivity contribution is 0.222. The van der Waals surface area contributed by atoms with Crippen LogP contribution in [0.15, 0.2) is 42.5 Å². The number of benzene rings is 2. The van der Waals surface area contributed by atoms with Crippen molar-refractivity contribution in [1.29, 1.82) is 0 Å². The van der Waals surface area contributed by atoms with Crippen molar-refractivity contribution in [1.82, 2.24) is 5.32 Å². The van der Waals surface area contributed by atoms with E-state index in [0.29, 0.717) is 11.5 Å². The Balaban J connectivity index is 1.83. The summed E-state index contributed by atoms with van der Waals surface area (Å²) >= 11 is 0. The maximum Gasteiger partial charge on any atom is 0.0161 e. The average Bonchev–Trinajstić information content (AvgIpc) is 2.95. The van der Waals surface area contributed by atoms with Crippen molar-refractivity contribution in [2.75, 3.05) is 6.54 Å². The molecule has 1 atom stereocenters. The van der Waals surface area contributed by atoms with Crippen molar-refractivity contribution >= 4 is 10.8 Å². The molecule has 1 N–H and O–H groups in total. The average molecular weight is 281 g/mol. The summed E-state index contributed by atoms with van der Waals surface area (Å²) < 4.78 is 0. The Bertz CT molecular complexity index is 596. The fourth-order valence-corrected chi connectivity index (χ4v) is 3.94.